The highest BCUT2D eigenvalue weighted by Crippen LogP contribution is 2.61. The lowest BCUT2D eigenvalue weighted by Crippen LogP contribution is -2.48. The molecule has 1 fully saturated rings. The first-order chi connectivity index (χ1) is 20.4. The molecule has 1 spiro atoms. The van der Waals surface area contributed by atoms with E-state index >= 15 is 0 Å². The van der Waals surface area contributed by atoms with E-state index in [0.717, 1.165) is 5.56 Å². The first kappa shape index (κ1) is 25.6. The maximum Gasteiger partial charge on any atom is 0.270 e. The Labute approximate surface area is 241 Å². The minimum Gasteiger partial charge on any atom is -0.497 e. The van der Waals surface area contributed by atoms with Gasteiger partial charge in [0.25, 0.3) is 5.69 Å². The molecule has 8 heteroatoms. The van der Waals surface area contributed by atoms with Crippen LogP contribution in [0.15, 0.2) is 103 Å². The van der Waals surface area contributed by atoms with E-state index in [-0.39, 0.29) is 22.8 Å². The smallest absolute Gasteiger partial charge is 0.270 e. The average Bonchev–Trinajstić information content (AvgIpc) is 3.47. The molecule has 8 nitrogen and oxygen atoms in total. The van der Waals surface area contributed by atoms with E-state index < -0.39 is 34.1 Å². The van der Waals surface area contributed by atoms with Crippen molar-refractivity contribution in [2.75, 3.05) is 12.0 Å². The number of benzene rings is 4. The van der Waals surface area contributed by atoms with Gasteiger partial charge in [0.15, 0.2) is 17.3 Å². The monoisotopic (exact) mass is 556 g/mol. The lowest BCUT2D eigenvalue weighted by atomic mass is 9.64. The molecule has 1 aliphatic carbocycles. The van der Waals surface area contributed by atoms with Gasteiger partial charge < -0.3 is 9.64 Å². The maximum atomic E-state index is 14.7. The molecule has 42 heavy (non-hydrogen) atoms. The SMILES string of the molecule is COc1cccc([C@H]2[C@@H](C(=O)c3cccc([N+](=O)[O-])c3)N3c4ccccc4C=C[C@@H]3C23C(=O)c2ccccc2C3=O)c1. The summed E-state index contributed by atoms with van der Waals surface area (Å²) in [5.41, 5.74) is 1.02. The zero-order chi connectivity index (χ0) is 29.2. The molecule has 3 aliphatic rings. The van der Waals surface area contributed by atoms with E-state index in [1.54, 1.807) is 48.5 Å². The van der Waals surface area contributed by atoms with Gasteiger partial charge in [0.05, 0.1) is 18.1 Å². The lowest BCUT2D eigenvalue weighted by Gasteiger charge is -2.37. The van der Waals surface area contributed by atoms with Crippen LogP contribution >= 0.6 is 0 Å². The first-order valence-electron chi connectivity index (χ1n) is 13.5. The largest absolute Gasteiger partial charge is 0.497 e. The van der Waals surface area contributed by atoms with Crippen LogP contribution in [0.1, 0.15) is 48.1 Å². The maximum absolute atomic E-state index is 14.7. The van der Waals surface area contributed by atoms with Gasteiger partial charge in [-0.05, 0) is 29.3 Å². The van der Waals surface area contributed by atoms with Crippen LogP contribution in [0.2, 0.25) is 0 Å². The highest BCUT2D eigenvalue weighted by atomic mass is 16.6. The number of rotatable bonds is 5. The Morgan fingerprint density at radius 2 is 1.57 bits per heavy atom. The Morgan fingerprint density at radius 1 is 0.881 bits per heavy atom. The van der Waals surface area contributed by atoms with E-state index in [2.05, 4.69) is 0 Å². The molecule has 0 radical (unpaired) electrons. The molecule has 3 atom stereocenters. The van der Waals surface area contributed by atoms with Crippen molar-refractivity contribution >= 4 is 34.8 Å². The fraction of sp³-hybridized carbons (Fsp3) is 0.147. The average molecular weight is 557 g/mol. The number of fused-ring (bicyclic) bond motifs is 5. The van der Waals surface area contributed by atoms with Crippen molar-refractivity contribution in [3.8, 4) is 5.75 Å². The van der Waals surface area contributed by atoms with E-state index in [1.165, 1.54) is 31.4 Å². The van der Waals surface area contributed by atoms with Gasteiger partial charge in [0.1, 0.15) is 17.2 Å². The second-order valence-electron chi connectivity index (χ2n) is 10.7. The number of hydrogen-bond donors (Lipinski definition) is 0. The second-order valence-corrected chi connectivity index (χ2v) is 10.7. The minimum atomic E-state index is -1.67. The Balaban J connectivity index is 1.54. The number of Topliss-reactive ketones (excluding diaryl/α,β-unsaturated/α-hetero) is 3. The summed E-state index contributed by atoms with van der Waals surface area (Å²) in [4.78, 5) is 57.0. The van der Waals surface area contributed by atoms with E-state index in [0.29, 0.717) is 28.1 Å². The van der Waals surface area contributed by atoms with Crippen molar-refractivity contribution in [1.29, 1.82) is 0 Å². The minimum absolute atomic E-state index is 0.125. The number of ether oxygens (including phenoxy) is 1. The van der Waals surface area contributed by atoms with Crippen LogP contribution in [0.4, 0.5) is 11.4 Å². The Hall–Kier alpha value is -5.37. The third kappa shape index (κ3) is 3.38. The molecule has 0 unspecified atom stereocenters. The van der Waals surface area contributed by atoms with Gasteiger partial charge in [-0.15, -0.1) is 0 Å². The summed E-state index contributed by atoms with van der Waals surface area (Å²) in [6.07, 6.45) is 3.74. The molecule has 206 valence electrons. The highest BCUT2D eigenvalue weighted by Gasteiger charge is 2.71. The molecule has 0 amide bonds. The number of methoxy groups -OCH3 is 1. The zero-order valence-electron chi connectivity index (χ0n) is 22.5. The van der Waals surface area contributed by atoms with Gasteiger partial charge in [-0.2, -0.15) is 0 Å². The van der Waals surface area contributed by atoms with Crippen LogP contribution in [-0.2, 0) is 0 Å². The standard InChI is InChI=1S/C34H24N2O6/c1-42-24-12-7-9-21(19-24)29-30(31(37)22-10-6-11-23(18-22)36(40)41)35-27-15-5-2-8-20(27)16-17-28(35)34(29)32(38)25-13-3-4-14-26(25)33(34)39/h2-19,28-30H,1H3/t28-,29+,30+/m1/s1. The molecule has 0 N–H and O–H groups in total. The van der Waals surface area contributed by atoms with Crippen molar-refractivity contribution in [2.45, 2.75) is 18.0 Å². The molecule has 2 heterocycles. The fourth-order valence-corrected chi connectivity index (χ4v) is 7.07. The molecule has 7 rings (SSSR count). The number of ketones is 3. The molecule has 2 aliphatic heterocycles. The predicted molar refractivity (Wildman–Crippen MR) is 156 cm³/mol. The third-order valence-corrected chi connectivity index (χ3v) is 8.78. The molecular formula is C34H24N2O6. The van der Waals surface area contributed by atoms with E-state index in [4.69, 9.17) is 4.74 Å². The molecule has 1 saturated heterocycles. The number of hydrogen-bond acceptors (Lipinski definition) is 7. The number of nitrogens with zero attached hydrogens (tertiary/aromatic N) is 2. The number of para-hydroxylation sites is 1. The summed E-state index contributed by atoms with van der Waals surface area (Å²) in [5, 5.41) is 11.6. The van der Waals surface area contributed by atoms with Gasteiger partial charge in [0, 0.05) is 40.4 Å². The van der Waals surface area contributed by atoms with Crippen LogP contribution in [0.5, 0.6) is 5.75 Å². The van der Waals surface area contributed by atoms with Crippen molar-refractivity contribution in [3.63, 3.8) is 0 Å². The second kappa shape index (κ2) is 9.34. The number of nitro groups is 1. The molecule has 4 aromatic rings. The summed E-state index contributed by atoms with van der Waals surface area (Å²) in [6, 6.07) is 25.2. The van der Waals surface area contributed by atoms with E-state index in [1.807, 2.05) is 41.3 Å². The lowest BCUT2D eigenvalue weighted by molar-refractivity contribution is -0.384. The molecular weight excluding hydrogens is 532 g/mol. The molecule has 0 saturated carbocycles. The normalized spacial score (nSPS) is 21.2. The quantitative estimate of drug-likeness (QED) is 0.130. The van der Waals surface area contributed by atoms with Crippen molar-refractivity contribution < 1.29 is 24.0 Å². The number of carbonyl (C=O) groups excluding carboxylic acids is 3. The van der Waals surface area contributed by atoms with Crippen LogP contribution in [0.3, 0.4) is 0 Å². The third-order valence-electron chi connectivity index (χ3n) is 8.78. The molecule has 4 aromatic carbocycles. The number of nitro benzene ring substituents is 1. The van der Waals surface area contributed by atoms with Gasteiger partial charge in [-0.1, -0.05) is 78.9 Å². The number of anilines is 1. The van der Waals surface area contributed by atoms with Crippen molar-refractivity contribution in [2.24, 2.45) is 5.41 Å². The Kier molecular flexibility index (Phi) is 5.69. The summed E-state index contributed by atoms with van der Waals surface area (Å²) < 4.78 is 5.52. The van der Waals surface area contributed by atoms with Gasteiger partial charge in [-0.25, -0.2) is 0 Å². The summed E-state index contributed by atoms with van der Waals surface area (Å²) in [5.74, 6) is -1.53. The van der Waals surface area contributed by atoms with Crippen molar-refractivity contribution in [3.05, 3.63) is 141 Å². The Bertz CT molecular complexity index is 1830. The van der Waals surface area contributed by atoms with Crippen LogP contribution in [0, 0.1) is 15.5 Å². The van der Waals surface area contributed by atoms with E-state index in [9.17, 15) is 24.5 Å². The molecule has 0 bridgehead atoms. The Morgan fingerprint density at radius 3 is 2.29 bits per heavy atom. The fourth-order valence-electron chi connectivity index (χ4n) is 7.07. The summed E-state index contributed by atoms with van der Waals surface area (Å²) in [6.45, 7) is 0. The molecule has 0 aromatic heterocycles. The van der Waals surface area contributed by atoms with Crippen LogP contribution in [0.25, 0.3) is 6.08 Å². The number of non-ortho nitro benzene ring substituents is 1. The number of carbonyl (C=O) groups is 3. The summed E-state index contributed by atoms with van der Waals surface area (Å²) in [7, 11) is 1.53. The van der Waals surface area contributed by atoms with Gasteiger partial charge in [-0.3, -0.25) is 24.5 Å². The zero-order valence-corrected chi connectivity index (χ0v) is 22.5. The topological polar surface area (TPSA) is 107 Å². The predicted octanol–water partition coefficient (Wildman–Crippen LogP) is 5.92. The van der Waals surface area contributed by atoms with Gasteiger partial charge in [0.2, 0.25) is 0 Å². The highest BCUT2D eigenvalue weighted by molar-refractivity contribution is 6.32. The van der Waals surface area contributed by atoms with Crippen LogP contribution in [-0.4, -0.2) is 41.5 Å². The first-order valence-corrected chi connectivity index (χ1v) is 13.5. The van der Waals surface area contributed by atoms with Crippen LogP contribution < -0.4 is 9.64 Å². The van der Waals surface area contributed by atoms with Gasteiger partial charge >= 0.3 is 0 Å². The summed E-state index contributed by atoms with van der Waals surface area (Å²) >= 11 is 0. The van der Waals surface area contributed by atoms with Crippen molar-refractivity contribution in [1.82, 2.24) is 0 Å².